The first-order valence-electron chi connectivity index (χ1n) is 5.86. The fourth-order valence-electron chi connectivity index (χ4n) is 1.96. The molecule has 1 unspecified atom stereocenters. The highest BCUT2D eigenvalue weighted by Crippen LogP contribution is 2.17. The van der Waals surface area contributed by atoms with Gasteiger partial charge in [0.2, 0.25) is 0 Å². The minimum absolute atomic E-state index is 0.0717. The molecule has 0 bridgehead atoms. The lowest BCUT2D eigenvalue weighted by molar-refractivity contribution is -0.385. The van der Waals surface area contributed by atoms with Crippen molar-refractivity contribution in [2.75, 3.05) is 18.8 Å². The van der Waals surface area contributed by atoms with Crippen LogP contribution < -0.4 is 5.32 Å². The molecule has 1 N–H and O–H groups in total. The molecule has 1 fully saturated rings. The van der Waals surface area contributed by atoms with Gasteiger partial charge in [0.15, 0.2) is 0 Å². The van der Waals surface area contributed by atoms with Gasteiger partial charge in [-0.2, -0.15) is 0 Å². The van der Waals surface area contributed by atoms with Gasteiger partial charge in [0.25, 0.3) is 5.69 Å². The fraction of sp³-hybridized carbons (Fsp3) is 0.545. The van der Waals surface area contributed by atoms with Gasteiger partial charge >= 0.3 is 0 Å². The number of nitrogens with zero attached hydrogens (tertiary/aromatic N) is 2. The first-order chi connectivity index (χ1) is 8.66. The van der Waals surface area contributed by atoms with Crippen LogP contribution in [0, 0.1) is 16.0 Å². The predicted octanol–water partition coefficient (Wildman–Crippen LogP) is 1.10. The summed E-state index contributed by atoms with van der Waals surface area (Å²) < 4.78 is 12.1. The zero-order chi connectivity index (χ0) is 13.0. The van der Waals surface area contributed by atoms with E-state index in [0.29, 0.717) is 16.7 Å². The number of piperidine rings is 1. The minimum Gasteiger partial charge on any atom is -0.317 e. The molecule has 0 radical (unpaired) electrons. The zero-order valence-corrected chi connectivity index (χ0v) is 10.7. The highest BCUT2D eigenvalue weighted by molar-refractivity contribution is 7.84. The van der Waals surface area contributed by atoms with E-state index in [9.17, 15) is 14.3 Å². The van der Waals surface area contributed by atoms with Crippen molar-refractivity contribution >= 4 is 16.5 Å². The summed E-state index contributed by atoms with van der Waals surface area (Å²) in [5, 5.41) is 14.2. The van der Waals surface area contributed by atoms with Crippen LogP contribution in [-0.4, -0.2) is 33.0 Å². The first-order valence-corrected chi connectivity index (χ1v) is 7.18. The zero-order valence-electron chi connectivity index (χ0n) is 9.87. The summed E-state index contributed by atoms with van der Waals surface area (Å²) in [6.07, 6.45) is 3.22. The SMILES string of the molecule is O=[N+]([O-])c1ccc(S(=O)CC2CCNCC2)nc1. The van der Waals surface area contributed by atoms with Crippen molar-refractivity contribution < 1.29 is 9.13 Å². The molecule has 0 saturated carbocycles. The van der Waals surface area contributed by atoms with Gasteiger partial charge in [0.05, 0.1) is 15.7 Å². The van der Waals surface area contributed by atoms with Crippen molar-refractivity contribution in [3.63, 3.8) is 0 Å². The number of nitro groups is 1. The summed E-state index contributed by atoms with van der Waals surface area (Å²) >= 11 is 0. The lowest BCUT2D eigenvalue weighted by Crippen LogP contribution is -2.30. The Labute approximate surface area is 107 Å². The summed E-state index contributed by atoms with van der Waals surface area (Å²) in [4.78, 5) is 13.9. The van der Waals surface area contributed by atoms with Crippen LogP contribution in [0.4, 0.5) is 5.69 Å². The van der Waals surface area contributed by atoms with Crippen LogP contribution >= 0.6 is 0 Å². The van der Waals surface area contributed by atoms with Crippen LogP contribution in [-0.2, 0) is 10.8 Å². The quantitative estimate of drug-likeness (QED) is 0.653. The van der Waals surface area contributed by atoms with E-state index < -0.39 is 15.7 Å². The highest BCUT2D eigenvalue weighted by Gasteiger charge is 2.18. The molecular weight excluding hydrogens is 254 g/mol. The second-order valence-electron chi connectivity index (χ2n) is 4.32. The number of pyridine rings is 1. The maximum absolute atomic E-state index is 12.1. The molecule has 1 aromatic rings. The Morgan fingerprint density at radius 2 is 2.17 bits per heavy atom. The largest absolute Gasteiger partial charge is 0.317 e. The van der Waals surface area contributed by atoms with Crippen LogP contribution in [0.2, 0.25) is 0 Å². The van der Waals surface area contributed by atoms with Gasteiger partial charge in [-0.05, 0) is 37.9 Å². The van der Waals surface area contributed by atoms with E-state index in [1.165, 1.54) is 12.1 Å². The Hall–Kier alpha value is -1.34. The molecule has 0 aromatic carbocycles. The topological polar surface area (TPSA) is 85.1 Å². The van der Waals surface area contributed by atoms with Crippen LogP contribution in [0.25, 0.3) is 0 Å². The summed E-state index contributed by atoms with van der Waals surface area (Å²) in [6.45, 7) is 1.94. The van der Waals surface area contributed by atoms with Crippen molar-refractivity contribution in [1.29, 1.82) is 0 Å². The van der Waals surface area contributed by atoms with Gasteiger partial charge in [-0.1, -0.05) is 0 Å². The summed E-state index contributed by atoms with van der Waals surface area (Å²) in [5.74, 6) is 1.04. The van der Waals surface area contributed by atoms with E-state index in [-0.39, 0.29) is 5.69 Å². The Morgan fingerprint density at radius 1 is 1.44 bits per heavy atom. The fourth-order valence-corrected chi connectivity index (χ4v) is 3.29. The summed E-state index contributed by atoms with van der Waals surface area (Å²) in [7, 11) is -1.16. The number of hydrogen-bond donors (Lipinski definition) is 1. The molecule has 0 aliphatic carbocycles. The molecule has 2 rings (SSSR count). The van der Waals surface area contributed by atoms with E-state index in [2.05, 4.69) is 10.3 Å². The normalized spacial score (nSPS) is 18.4. The molecule has 0 spiro atoms. The van der Waals surface area contributed by atoms with Gasteiger partial charge in [-0.15, -0.1) is 0 Å². The van der Waals surface area contributed by atoms with E-state index in [0.717, 1.165) is 32.1 Å². The molecule has 1 aliphatic rings. The Kier molecular flexibility index (Phi) is 4.38. The number of rotatable bonds is 4. The molecule has 1 atom stereocenters. The van der Waals surface area contributed by atoms with Crippen molar-refractivity contribution in [2.45, 2.75) is 17.9 Å². The standard InChI is InChI=1S/C11H15N3O3S/c15-14(16)10-1-2-11(13-7-10)18(17)8-9-3-5-12-6-4-9/h1-2,7,9,12H,3-6,8H2. The van der Waals surface area contributed by atoms with Crippen LogP contribution in [0.5, 0.6) is 0 Å². The highest BCUT2D eigenvalue weighted by atomic mass is 32.2. The third-order valence-electron chi connectivity index (χ3n) is 3.01. The van der Waals surface area contributed by atoms with E-state index >= 15 is 0 Å². The van der Waals surface area contributed by atoms with Crippen molar-refractivity contribution in [3.8, 4) is 0 Å². The number of aromatic nitrogens is 1. The third-order valence-corrected chi connectivity index (χ3v) is 4.49. The van der Waals surface area contributed by atoms with Crippen LogP contribution in [0.3, 0.4) is 0 Å². The van der Waals surface area contributed by atoms with Gasteiger partial charge in [-0.3, -0.25) is 14.3 Å². The summed E-state index contributed by atoms with van der Waals surface area (Å²) in [6, 6.07) is 2.83. The Balaban J connectivity index is 1.97. The molecule has 0 amide bonds. The molecule has 1 saturated heterocycles. The predicted molar refractivity (Wildman–Crippen MR) is 67.8 cm³/mol. The maximum atomic E-state index is 12.1. The van der Waals surface area contributed by atoms with Crippen molar-refractivity contribution in [3.05, 3.63) is 28.4 Å². The van der Waals surface area contributed by atoms with Gasteiger partial charge < -0.3 is 5.32 Å². The molecule has 1 aromatic heterocycles. The summed E-state index contributed by atoms with van der Waals surface area (Å²) in [5.41, 5.74) is -0.0717. The molecule has 7 heteroatoms. The smallest absolute Gasteiger partial charge is 0.287 e. The van der Waals surface area contributed by atoms with Gasteiger partial charge in [0.1, 0.15) is 11.2 Å². The van der Waals surface area contributed by atoms with Crippen molar-refractivity contribution in [1.82, 2.24) is 10.3 Å². The second kappa shape index (κ2) is 6.01. The average molecular weight is 269 g/mol. The second-order valence-corrected chi connectivity index (χ2v) is 5.76. The first kappa shape index (κ1) is 13.1. The third kappa shape index (κ3) is 3.33. The van der Waals surface area contributed by atoms with Crippen LogP contribution in [0.15, 0.2) is 23.4 Å². The van der Waals surface area contributed by atoms with Gasteiger partial charge in [-0.25, -0.2) is 4.98 Å². The van der Waals surface area contributed by atoms with E-state index in [1.807, 2.05) is 0 Å². The lowest BCUT2D eigenvalue weighted by atomic mass is 10.0. The number of hydrogen-bond acceptors (Lipinski definition) is 5. The number of nitrogens with one attached hydrogen (secondary N) is 1. The van der Waals surface area contributed by atoms with Crippen molar-refractivity contribution in [2.24, 2.45) is 5.92 Å². The lowest BCUT2D eigenvalue weighted by Gasteiger charge is -2.21. The molecule has 2 heterocycles. The van der Waals surface area contributed by atoms with Gasteiger partial charge in [0, 0.05) is 11.8 Å². The molecule has 18 heavy (non-hydrogen) atoms. The molecule has 6 nitrogen and oxygen atoms in total. The molecular formula is C11H15N3O3S. The van der Waals surface area contributed by atoms with E-state index in [1.54, 1.807) is 0 Å². The average Bonchev–Trinajstić information content (AvgIpc) is 2.40. The minimum atomic E-state index is -1.16. The van der Waals surface area contributed by atoms with E-state index in [4.69, 9.17) is 0 Å². The Morgan fingerprint density at radius 3 is 2.72 bits per heavy atom. The molecule has 98 valence electrons. The monoisotopic (exact) mass is 269 g/mol. The molecule has 1 aliphatic heterocycles. The maximum Gasteiger partial charge on any atom is 0.287 e. The Bertz CT molecular complexity index is 443. The van der Waals surface area contributed by atoms with Crippen LogP contribution in [0.1, 0.15) is 12.8 Å².